The molecule has 86 valence electrons. The Bertz CT molecular complexity index is 427. The van der Waals surface area contributed by atoms with E-state index in [0.717, 1.165) is 26.2 Å². The average Bonchev–Trinajstić information content (AvgIpc) is 3.14. The number of hydrogen-bond acceptors (Lipinski definition) is 2. The van der Waals surface area contributed by atoms with E-state index >= 15 is 0 Å². The molecule has 0 bridgehead atoms. The van der Waals surface area contributed by atoms with Crippen LogP contribution < -0.4 is 4.52 Å². The van der Waals surface area contributed by atoms with Gasteiger partial charge in [-0.15, -0.1) is 0 Å². The van der Waals surface area contributed by atoms with Gasteiger partial charge in [-0.1, -0.05) is 11.6 Å². The molecule has 0 amide bonds. The van der Waals surface area contributed by atoms with Crippen molar-refractivity contribution in [2.75, 3.05) is 26.2 Å². The monoisotopic (exact) mass is 258 g/mol. The quantitative estimate of drug-likeness (QED) is 0.613. The fraction of sp³-hybridized carbons (Fsp3) is 0.400. The fourth-order valence-electron chi connectivity index (χ4n) is 1.52. The Morgan fingerprint density at radius 1 is 1.06 bits per heavy atom. The van der Waals surface area contributed by atoms with E-state index in [9.17, 15) is 4.57 Å². The van der Waals surface area contributed by atoms with Crippen molar-refractivity contribution in [1.29, 1.82) is 0 Å². The van der Waals surface area contributed by atoms with Crippen LogP contribution in [0.25, 0.3) is 0 Å². The molecule has 0 atom stereocenters. The number of hydrogen-bond donors (Lipinski definition) is 0. The topological polar surface area (TPSA) is 32.3 Å². The molecule has 2 fully saturated rings. The van der Waals surface area contributed by atoms with E-state index in [4.69, 9.17) is 16.1 Å². The van der Waals surface area contributed by atoms with Crippen LogP contribution in [0.1, 0.15) is 0 Å². The van der Waals surface area contributed by atoms with Gasteiger partial charge in [0.2, 0.25) is 0 Å². The van der Waals surface area contributed by atoms with E-state index in [1.807, 2.05) is 9.34 Å². The van der Waals surface area contributed by atoms with Crippen LogP contribution in [0, 0.1) is 0 Å². The van der Waals surface area contributed by atoms with Crippen molar-refractivity contribution in [3.63, 3.8) is 0 Å². The van der Waals surface area contributed by atoms with Gasteiger partial charge in [0.05, 0.1) is 0 Å². The lowest BCUT2D eigenvalue weighted by atomic mass is 10.3. The summed E-state index contributed by atoms with van der Waals surface area (Å²) in [6.45, 7) is 3.45. The number of rotatable bonds is 4. The summed E-state index contributed by atoms with van der Waals surface area (Å²) in [5.74, 6) is 0.617. The second-order valence-electron chi connectivity index (χ2n) is 3.94. The highest BCUT2D eigenvalue weighted by molar-refractivity contribution is 7.55. The lowest BCUT2D eigenvalue weighted by Gasteiger charge is -2.20. The van der Waals surface area contributed by atoms with Crippen LogP contribution in [0.2, 0.25) is 5.02 Å². The Labute approximate surface area is 99.3 Å². The van der Waals surface area contributed by atoms with Crippen molar-refractivity contribution in [3.05, 3.63) is 29.3 Å². The highest BCUT2D eigenvalue weighted by atomic mass is 35.5. The van der Waals surface area contributed by atoms with Crippen LogP contribution in [-0.2, 0) is 4.57 Å². The Morgan fingerprint density at radius 2 is 1.56 bits per heavy atom. The Morgan fingerprint density at radius 3 is 2.00 bits per heavy atom. The summed E-state index contributed by atoms with van der Waals surface area (Å²) >= 11 is 5.79. The summed E-state index contributed by atoms with van der Waals surface area (Å²) in [4.78, 5) is 0. The van der Waals surface area contributed by atoms with Crippen LogP contribution in [0.3, 0.4) is 0 Å². The molecule has 2 saturated heterocycles. The first-order chi connectivity index (χ1) is 7.68. The van der Waals surface area contributed by atoms with Crippen LogP contribution in [0.15, 0.2) is 24.3 Å². The van der Waals surface area contributed by atoms with Crippen molar-refractivity contribution in [1.82, 2.24) is 9.34 Å². The van der Waals surface area contributed by atoms with Gasteiger partial charge >= 0.3 is 7.67 Å². The first kappa shape index (κ1) is 10.6. The largest absolute Gasteiger partial charge is 0.422 e. The predicted molar refractivity (Wildman–Crippen MR) is 62.8 cm³/mol. The van der Waals surface area contributed by atoms with Crippen molar-refractivity contribution in [2.24, 2.45) is 0 Å². The minimum Gasteiger partial charge on any atom is -0.422 e. The first-order valence-electron chi connectivity index (χ1n) is 5.24. The van der Waals surface area contributed by atoms with Crippen LogP contribution in [0.5, 0.6) is 5.75 Å². The number of halogens is 1. The molecular weight excluding hydrogens is 247 g/mol. The van der Waals surface area contributed by atoms with Gasteiger partial charge in [0.25, 0.3) is 0 Å². The van der Waals surface area contributed by atoms with Crippen LogP contribution >= 0.6 is 19.3 Å². The molecule has 3 rings (SSSR count). The minimum absolute atomic E-state index is 0.617. The van der Waals surface area contributed by atoms with Gasteiger partial charge in [-0.2, -0.15) is 0 Å². The highest BCUT2D eigenvalue weighted by Crippen LogP contribution is 2.60. The SMILES string of the molecule is O=P(Oc1ccc(Cl)cc1)(N1CC1)N1CC1. The maximum atomic E-state index is 12.6. The fourth-order valence-corrected chi connectivity index (χ4v) is 3.82. The molecule has 0 unspecified atom stereocenters. The summed E-state index contributed by atoms with van der Waals surface area (Å²) in [6, 6.07) is 6.99. The molecule has 0 aliphatic carbocycles. The zero-order valence-electron chi connectivity index (χ0n) is 8.67. The summed E-state index contributed by atoms with van der Waals surface area (Å²) in [6.07, 6.45) is 0. The molecule has 2 heterocycles. The van der Waals surface area contributed by atoms with Crippen molar-refractivity contribution < 1.29 is 9.09 Å². The second kappa shape index (κ2) is 3.74. The molecule has 0 radical (unpaired) electrons. The van der Waals surface area contributed by atoms with E-state index in [0.29, 0.717) is 10.8 Å². The zero-order valence-corrected chi connectivity index (χ0v) is 10.3. The van der Waals surface area contributed by atoms with Gasteiger partial charge in [-0.05, 0) is 24.3 Å². The normalized spacial score (nSPS) is 20.8. The van der Waals surface area contributed by atoms with Crippen molar-refractivity contribution >= 4 is 19.3 Å². The molecule has 0 saturated carbocycles. The molecule has 0 N–H and O–H groups in total. The molecule has 2 aliphatic rings. The molecule has 0 spiro atoms. The van der Waals surface area contributed by atoms with Crippen LogP contribution in [0.4, 0.5) is 0 Å². The standard InChI is InChI=1S/C10H12ClN2O2P/c11-9-1-3-10(4-2-9)15-16(14,12-5-6-12)13-7-8-13/h1-4H,5-8H2. The predicted octanol–water partition coefficient (Wildman–Crippen LogP) is 2.46. The molecule has 0 aromatic heterocycles. The summed E-state index contributed by atoms with van der Waals surface area (Å²) in [5.41, 5.74) is 0. The van der Waals surface area contributed by atoms with E-state index in [1.54, 1.807) is 24.3 Å². The lowest BCUT2D eigenvalue weighted by molar-refractivity contribution is 0.410. The Hall–Kier alpha value is -0.540. The molecule has 1 aromatic carbocycles. The molecule has 16 heavy (non-hydrogen) atoms. The van der Waals surface area contributed by atoms with Gasteiger partial charge in [-0.25, -0.2) is 13.9 Å². The number of nitrogens with zero attached hydrogens (tertiary/aromatic N) is 2. The van der Waals surface area contributed by atoms with E-state index < -0.39 is 7.67 Å². The molecule has 4 nitrogen and oxygen atoms in total. The second-order valence-corrected chi connectivity index (χ2v) is 6.67. The Balaban J connectivity index is 1.81. The first-order valence-corrected chi connectivity index (χ1v) is 7.15. The van der Waals surface area contributed by atoms with Gasteiger partial charge in [0.15, 0.2) is 0 Å². The van der Waals surface area contributed by atoms with E-state index in [1.165, 1.54) is 0 Å². The van der Waals surface area contributed by atoms with Gasteiger partial charge in [-0.3, -0.25) is 0 Å². The highest BCUT2D eigenvalue weighted by Gasteiger charge is 2.50. The maximum absolute atomic E-state index is 12.6. The van der Waals surface area contributed by atoms with E-state index in [2.05, 4.69) is 0 Å². The summed E-state index contributed by atoms with van der Waals surface area (Å²) < 4.78 is 22.0. The van der Waals surface area contributed by atoms with Crippen molar-refractivity contribution in [3.8, 4) is 5.75 Å². The Kier molecular flexibility index (Phi) is 2.48. The third kappa shape index (κ3) is 1.98. The number of benzene rings is 1. The van der Waals surface area contributed by atoms with Gasteiger partial charge in [0, 0.05) is 31.2 Å². The molecule has 1 aromatic rings. The minimum atomic E-state index is -2.75. The molecule has 6 heteroatoms. The van der Waals surface area contributed by atoms with Crippen molar-refractivity contribution in [2.45, 2.75) is 0 Å². The maximum Gasteiger partial charge on any atom is 0.395 e. The third-order valence-corrected chi connectivity index (χ3v) is 5.53. The zero-order chi connectivity index (χ0) is 11.2. The summed E-state index contributed by atoms with van der Waals surface area (Å²) in [5, 5.41) is 0.653. The van der Waals surface area contributed by atoms with E-state index in [-0.39, 0.29) is 0 Å². The molecular formula is C10H12ClN2O2P. The summed E-state index contributed by atoms with van der Waals surface area (Å²) in [7, 11) is -2.75. The van der Waals surface area contributed by atoms with Gasteiger partial charge in [0.1, 0.15) is 5.75 Å². The average molecular weight is 259 g/mol. The smallest absolute Gasteiger partial charge is 0.395 e. The van der Waals surface area contributed by atoms with Gasteiger partial charge < -0.3 is 4.52 Å². The lowest BCUT2D eigenvalue weighted by Crippen LogP contribution is -2.10. The third-order valence-electron chi connectivity index (χ3n) is 2.60. The van der Waals surface area contributed by atoms with Crippen LogP contribution in [-0.4, -0.2) is 35.5 Å². The molecule has 2 aliphatic heterocycles.